The second kappa shape index (κ2) is 9.44. The van der Waals surface area contributed by atoms with Crippen molar-refractivity contribution in [3.05, 3.63) is 62.3 Å². The lowest BCUT2D eigenvalue weighted by Gasteiger charge is -2.06. The number of benzene rings is 1. The van der Waals surface area contributed by atoms with Crippen molar-refractivity contribution in [3.63, 3.8) is 0 Å². The molecule has 3 rings (SSSR count). The lowest BCUT2D eigenvalue weighted by Crippen LogP contribution is -2.36. The number of H-pyrrole nitrogens is 1. The molecule has 0 saturated heterocycles. The van der Waals surface area contributed by atoms with Crippen LogP contribution in [0, 0.1) is 6.92 Å². The molecule has 1 amide bonds. The highest BCUT2D eigenvalue weighted by Gasteiger charge is 2.15. The fourth-order valence-electron chi connectivity index (χ4n) is 2.63. The van der Waals surface area contributed by atoms with Gasteiger partial charge in [-0.1, -0.05) is 11.8 Å². The Morgan fingerprint density at radius 1 is 1.27 bits per heavy atom. The first kappa shape index (κ1) is 21.4. The van der Waals surface area contributed by atoms with Crippen molar-refractivity contribution in [3.8, 4) is 5.75 Å². The Kier molecular flexibility index (Phi) is 6.72. The Hall–Kier alpha value is -3.34. The Balaban J connectivity index is 1.57. The van der Waals surface area contributed by atoms with Crippen LogP contribution in [0.15, 0.2) is 43.5 Å². The predicted molar refractivity (Wildman–Crippen MR) is 111 cm³/mol. The minimum absolute atomic E-state index is 0.0777. The topological polar surface area (TPSA) is 132 Å². The van der Waals surface area contributed by atoms with Gasteiger partial charge in [0.1, 0.15) is 5.75 Å². The van der Waals surface area contributed by atoms with E-state index in [4.69, 9.17) is 9.15 Å². The highest BCUT2D eigenvalue weighted by molar-refractivity contribution is 7.99. The van der Waals surface area contributed by atoms with Crippen LogP contribution in [-0.2, 0) is 18.3 Å². The number of hydrogen-bond acceptors (Lipinski definition) is 8. The molecule has 3 aromatic rings. The minimum atomic E-state index is -0.485. The molecule has 1 aromatic carbocycles. The normalized spacial score (nSPS) is 10.8. The van der Waals surface area contributed by atoms with Gasteiger partial charge in [-0.25, -0.2) is 4.79 Å². The van der Waals surface area contributed by atoms with Crippen LogP contribution in [-0.4, -0.2) is 38.0 Å². The average molecular weight is 431 g/mol. The zero-order valence-corrected chi connectivity index (χ0v) is 17.5. The van der Waals surface area contributed by atoms with Crippen LogP contribution < -0.4 is 21.3 Å². The maximum absolute atomic E-state index is 12.3. The van der Waals surface area contributed by atoms with Gasteiger partial charge in [0.25, 0.3) is 10.8 Å². The zero-order chi connectivity index (χ0) is 21.7. The summed E-state index contributed by atoms with van der Waals surface area (Å²) in [6, 6.07) is 7.07. The van der Waals surface area contributed by atoms with Crippen molar-refractivity contribution in [2.75, 3.05) is 17.7 Å². The molecule has 2 heterocycles. The summed E-state index contributed by atoms with van der Waals surface area (Å²) in [5.74, 6) is 0.802. The first-order valence-electron chi connectivity index (χ1n) is 9.14. The summed E-state index contributed by atoms with van der Waals surface area (Å²) >= 11 is 1.09. The second-order valence-electron chi connectivity index (χ2n) is 6.33. The monoisotopic (exact) mass is 431 g/mol. The number of aromatic amines is 1. The van der Waals surface area contributed by atoms with E-state index in [1.165, 1.54) is 7.05 Å². The Morgan fingerprint density at radius 2 is 2.00 bits per heavy atom. The number of hydrogen-bond donors (Lipinski definition) is 2. The largest absolute Gasteiger partial charge is 0.494 e. The molecule has 0 saturated carbocycles. The molecule has 0 unspecified atom stereocenters. The van der Waals surface area contributed by atoms with Crippen LogP contribution in [0.5, 0.6) is 5.75 Å². The van der Waals surface area contributed by atoms with Gasteiger partial charge in [-0.15, -0.1) is 10.2 Å². The molecule has 158 valence electrons. The fraction of sp³-hybridized carbons (Fsp3) is 0.316. The highest BCUT2D eigenvalue weighted by atomic mass is 32.2. The van der Waals surface area contributed by atoms with Crippen LogP contribution in [0.2, 0.25) is 0 Å². The number of carbonyl (C=O) groups is 1. The number of anilines is 1. The summed E-state index contributed by atoms with van der Waals surface area (Å²) in [6.07, 6.45) is 0.0845. The van der Waals surface area contributed by atoms with E-state index in [2.05, 4.69) is 20.5 Å². The van der Waals surface area contributed by atoms with E-state index in [-0.39, 0.29) is 29.2 Å². The molecule has 30 heavy (non-hydrogen) atoms. The molecule has 2 aromatic heterocycles. The third kappa shape index (κ3) is 5.17. The molecule has 0 bridgehead atoms. The second-order valence-corrected chi connectivity index (χ2v) is 7.26. The van der Waals surface area contributed by atoms with Gasteiger partial charge >= 0.3 is 5.69 Å². The quantitative estimate of drug-likeness (QED) is 0.513. The van der Waals surface area contributed by atoms with Gasteiger partial charge in [0.05, 0.1) is 18.8 Å². The fourth-order valence-corrected chi connectivity index (χ4v) is 3.21. The first-order chi connectivity index (χ1) is 14.4. The van der Waals surface area contributed by atoms with E-state index in [1.54, 1.807) is 31.2 Å². The van der Waals surface area contributed by atoms with E-state index >= 15 is 0 Å². The lowest BCUT2D eigenvalue weighted by molar-refractivity contribution is -0.113. The summed E-state index contributed by atoms with van der Waals surface area (Å²) in [4.78, 5) is 38.6. The third-order valence-corrected chi connectivity index (χ3v) is 4.99. The molecular formula is C19H21N5O5S. The maximum Gasteiger partial charge on any atom is 0.328 e. The lowest BCUT2D eigenvalue weighted by atomic mass is 10.2. The van der Waals surface area contributed by atoms with E-state index in [0.29, 0.717) is 23.6 Å². The van der Waals surface area contributed by atoms with Gasteiger partial charge in [-0.3, -0.25) is 14.2 Å². The van der Waals surface area contributed by atoms with Crippen LogP contribution in [0.1, 0.15) is 24.1 Å². The Morgan fingerprint density at radius 3 is 2.70 bits per heavy atom. The SMILES string of the molecule is CCOc1ccc(NC(=O)CSc2nnc(Cc3c(C)[nH]c(=O)n(C)c3=O)o2)cc1. The molecule has 0 spiro atoms. The average Bonchev–Trinajstić information content (AvgIpc) is 3.17. The maximum atomic E-state index is 12.3. The van der Waals surface area contributed by atoms with Gasteiger partial charge in [0, 0.05) is 24.0 Å². The van der Waals surface area contributed by atoms with Gasteiger partial charge in [0.2, 0.25) is 11.8 Å². The van der Waals surface area contributed by atoms with E-state index in [9.17, 15) is 14.4 Å². The van der Waals surface area contributed by atoms with Crippen LogP contribution in [0.4, 0.5) is 5.69 Å². The molecule has 0 aliphatic heterocycles. The number of aryl methyl sites for hydroxylation is 1. The predicted octanol–water partition coefficient (Wildman–Crippen LogP) is 1.49. The van der Waals surface area contributed by atoms with Crippen molar-refractivity contribution < 1.29 is 13.9 Å². The molecular weight excluding hydrogens is 410 g/mol. The first-order valence-corrected chi connectivity index (χ1v) is 10.1. The van der Waals surface area contributed by atoms with Crippen molar-refractivity contribution in [1.82, 2.24) is 19.7 Å². The van der Waals surface area contributed by atoms with Gasteiger partial charge in [-0.05, 0) is 38.1 Å². The number of aromatic nitrogens is 4. The standard InChI is InChI=1S/C19H21N5O5S/c1-4-28-13-7-5-12(6-8-13)21-15(25)10-30-19-23-22-16(29-19)9-14-11(2)20-18(27)24(3)17(14)26/h5-8H,4,9-10H2,1-3H3,(H,20,27)(H,21,25). The minimum Gasteiger partial charge on any atom is -0.494 e. The molecule has 11 heteroatoms. The number of nitrogens with one attached hydrogen (secondary N) is 2. The number of ether oxygens (including phenoxy) is 1. The highest BCUT2D eigenvalue weighted by Crippen LogP contribution is 2.19. The summed E-state index contributed by atoms with van der Waals surface area (Å²) < 4.78 is 11.9. The molecule has 0 radical (unpaired) electrons. The van der Waals surface area contributed by atoms with Crippen LogP contribution in [0.25, 0.3) is 0 Å². The van der Waals surface area contributed by atoms with Crippen LogP contribution >= 0.6 is 11.8 Å². The van der Waals surface area contributed by atoms with E-state index in [1.807, 2.05) is 6.92 Å². The molecule has 0 aliphatic rings. The number of rotatable bonds is 8. The summed E-state index contributed by atoms with van der Waals surface area (Å²) in [5, 5.41) is 10.8. The van der Waals surface area contributed by atoms with Gasteiger partial charge < -0.3 is 19.5 Å². The number of carbonyl (C=O) groups excluding carboxylic acids is 1. The van der Waals surface area contributed by atoms with E-state index in [0.717, 1.165) is 22.1 Å². The van der Waals surface area contributed by atoms with Gasteiger partial charge in [0.15, 0.2) is 0 Å². The molecule has 2 N–H and O–H groups in total. The smallest absolute Gasteiger partial charge is 0.328 e. The summed E-state index contributed by atoms with van der Waals surface area (Å²) in [6.45, 7) is 4.11. The number of amides is 1. The van der Waals surface area contributed by atoms with Crippen molar-refractivity contribution >= 4 is 23.4 Å². The zero-order valence-electron chi connectivity index (χ0n) is 16.7. The summed E-state index contributed by atoms with van der Waals surface area (Å²) in [7, 11) is 1.39. The molecule has 10 nitrogen and oxygen atoms in total. The van der Waals surface area contributed by atoms with Crippen LogP contribution in [0.3, 0.4) is 0 Å². The molecule has 0 aliphatic carbocycles. The van der Waals surface area contributed by atoms with E-state index < -0.39 is 11.2 Å². The number of nitrogens with zero attached hydrogens (tertiary/aromatic N) is 3. The third-order valence-electron chi connectivity index (χ3n) is 4.17. The van der Waals surface area contributed by atoms with Crippen molar-refractivity contribution in [2.24, 2.45) is 7.05 Å². The van der Waals surface area contributed by atoms with Crippen molar-refractivity contribution in [1.29, 1.82) is 0 Å². The van der Waals surface area contributed by atoms with Crippen molar-refractivity contribution in [2.45, 2.75) is 25.5 Å². The summed E-state index contributed by atoms with van der Waals surface area (Å²) in [5.41, 5.74) is 0.565. The molecule has 0 atom stereocenters. The number of thioether (sulfide) groups is 1. The van der Waals surface area contributed by atoms with Gasteiger partial charge in [-0.2, -0.15) is 0 Å². The molecule has 0 fully saturated rings. The Labute approximate surface area is 175 Å². The Bertz CT molecular complexity index is 1150.